The number of ether oxygens (including phenoxy) is 2. The van der Waals surface area contributed by atoms with Gasteiger partial charge in [-0.25, -0.2) is 4.79 Å². The topological polar surface area (TPSA) is 242 Å². The number of hydrogen-bond donors (Lipinski definition) is 8. The second-order valence-electron chi connectivity index (χ2n) is 15.3. The molecule has 15 heteroatoms. The van der Waals surface area contributed by atoms with Crippen LogP contribution in [0.25, 0.3) is 6.08 Å². The molecule has 3 aromatic rings. The molecule has 1 saturated heterocycles. The molecule has 0 bridgehead atoms. The minimum Gasteiger partial charge on any atom is -0.508 e. The second-order valence-corrected chi connectivity index (χ2v) is 15.3. The van der Waals surface area contributed by atoms with E-state index in [-0.39, 0.29) is 11.4 Å². The Labute approximate surface area is 326 Å². The first-order valence-corrected chi connectivity index (χ1v) is 18.8. The molecular weight excluding hydrogens is 738 g/mol. The Bertz CT molecular complexity index is 2200. The quantitative estimate of drug-likeness (QED) is 0.0840. The number of hydrogen-bond acceptors (Lipinski definition) is 13. The largest absolute Gasteiger partial charge is 0.508 e. The van der Waals surface area contributed by atoms with Crippen molar-refractivity contribution in [1.29, 1.82) is 0 Å². The van der Waals surface area contributed by atoms with Crippen molar-refractivity contribution in [2.75, 3.05) is 18.2 Å². The number of nitrogens with zero attached hydrogens (tertiary/aromatic N) is 3. The number of carboxylic acids is 1. The third-order valence-electron chi connectivity index (χ3n) is 12.2. The normalized spacial score (nSPS) is 31.1. The van der Waals surface area contributed by atoms with E-state index < -0.39 is 83.2 Å². The van der Waals surface area contributed by atoms with Crippen molar-refractivity contribution in [3.63, 3.8) is 0 Å². The average Bonchev–Trinajstić information content (AvgIpc) is 4.02. The smallest absolute Gasteiger partial charge is 0.355 e. The molecule has 0 radical (unpaired) electrons. The average molecular weight is 782 g/mol. The SMILES string of the molecule is O=C(/C=C\c1ccc(O)c(CC2=NCN=C2)c1)N1c2cc(O[C@]3(O)O[C@H](CO)[C@@H](O)[C@H](O)[C@H]3O)c(O)cc2[C@H]2[C@H](C3(c4ccccc4)CCCC3)C=C[C@]21C(=O)O. The molecule has 0 aromatic heterocycles. The summed E-state index contributed by atoms with van der Waals surface area (Å²) in [4.78, 5) is 38.0. The highest BCUT2D eigenvalue weighted by Crippen LogP contribution is 2.64. The highest BCUT2D eigenvalue weighted by atomic mass is 16.8. The van der Waals surface area contributed by atoms with E-state index in [4.69, 9.17) is 9.47 Å². The maximum atomic E-state index is 14.7. The van der Waals surface area contributed by atoms with Crippen molar-refractivity contribution in [3.05, 3.63) is 101 Å². The number of aliphatic hydroxyl groups is 5. The van der Waals surface area contributed by atoms with Crippen molar-refractivity contribution < 1.29 is 59.9 Å². The molecule has 57 heavy (non-hydrogen) atoms. The van der Waals surface area contributed by atoms with Gasteiger partial charge in [-0.05, 0) is 59.7 Å². The summed E-state index contributed by atoms with van der Waals surface area (Å²) >= 11 is 0. The maximum Gasteiger partial charge on any atom is 0.355 e. The minimum absolute atomic E-state index is 0.0254. The first kappa shape index (κ1) is 38.5. The lowest BCUT2D eigenvalue weighted by molar-refractivity contribution is -0.422. The number of carboxylic acid groups (broad SMARTS) is 1. The molecule has 8 atom stereocenters. The van der Waals surface area contributed by atoms with Crippen LogP contribution >= 0.6 is 0 Å². The summed E-state index contributed by atoms with van der Waals surface area (Å²) in [7, 11) is 0. The van der Waals surface area contributed by atoms with Crippen LogP contribution < -0.4 is 9.64 Å². The molecule has 1 amide bonds. The van der Waals surface area contributed by atoms with E-state index in [0.29, 0.717) is 35.5 Å². The number of aliphatic hydroxyl groups excluding tert-OH is 4. The van der Waals surface area contributed by atoms with Crippen LogP contribution in [-0.2, 0) is 26.2 Å². The molecule has 1 saturated carbocycles. The van der Waals surface area contributed by atoms with Gasteiger partial charge in [0.2, 0.25) is 0 Å². The lowest BCUT2D eigenvalue weighted by Gasteiger charge is -2.44. The molecule has 3 aliphatic heterocycles. The molecule has 5 aliphatic rings. The Hall–Kier alpha value is -5.42. The zero-order valence-corrected chi connectivity index (χ0v) is 30.6. The van der Waals surface area contributed by atoms with Gasteiger partial charge in [0.15, 0.2) is 23.1 Å². The van der Waals surface area contributed by atoms with E-state index in [0.717, 1.165) is 42.2 Å². The van der Waals surface area contributed by atoms with E-state index in [1.165, 1.54) is 30.4 Å². The number of carbonyl (C=O) groups is 2. The standard InChI is InChI=1S/C42H43N3O12/c46-21-33-36(50)37(51)38(52)42(55,57-33)56-32-19-29-27(18-31(32)48)35-28(40(13-4-5-14-40)25-6-2-1-3-7-25)12-15-41(35,39(53)54)45(29)34(49)11-9-23-8-10-30(47)24(16-23)17-26-20-43-22-44-26/h1-3,6-12,15-16,18-20,28,33,35-38,46-48,50-52,55H,4-5,13-14,17,21-22H2,(H,53,54)/b11-9-/t28-,33-,35+,36-,37+,38-,41-,42+/m1/s1. The summed E-state index contributed by atoms with van der Waals surface area (Å²) in [6.45, 7) is -0.575. The number of aliphatic imine (C=N–C) groups is 2. The second kappa shape index (κ2) is 14.5. The summed E-state index contributed by atoms with van der Waals surface area (Å²) in [6, 6.07) is 17.0. The molecule has 3 aromatic carbocycles. The number of phenols is 2. The predicted molar refractivity (Wildman–Crippen MR) is 205 cm³/mol. The van der Waals surface area contributed by atoms with Crippen LogP contribution in [0.4, 0.5) is 5.69 Å². The Morgan fingerprint density at radius 2 is 1.74 bits per heavy atom. The number of benzene rings is 3. The number of carbonyl (C=O) groups excluding carboxylic acids is 1. The highest BCUT2D eigenvalue weighted by molar-refractivity contribution is 6.32. The van der Waals surface area contributed by atoms with Crippen molar-refractivity contribution in [3.8, 4) is 17.2 Å². The first-order chi connectivity index (χ1) is 27.3. The van der Waals surface area contributed by atoms with Crippen LogP contribution in [0.2, 0.25) is 0 Å². The number of fused-ring (bicyclic) bond motifs is 3. The lowest BCUT2D eigenvalue weighted by atomic mass is 9.62. The van der Waals surface area contributed by atoms with Gasteiger partial charge >= 0.3 is 11.9 Å². The number of phenolic OH excluding ortho intramolecular Hbond substituents is 2. The van der Waals surface area contributed by atoms with Crippen LogP contribution in [-0.4, -0.2) is 114 Å². The van der Waals surface area contributed by atoms with Gasteiger partial charge in [0, 0.05) is 41.7 Å². The van der Waals surface area contributed by atoms with Gasteiger partial charge < -0.3 is 50.3 Å². The summed E-state index contributed by atoms with van der Waals surface area (Å²) in [6.07, 6.45) is 3.58. The number of anilines is 1. The molecule has 2 fully saturated rings. The van der Waals surface area contributed by atoms with Crippen molar-refractivity contribution in [2.24, 2.45) is 15.9 Å². The summed E-state index contributed by atoms with van der Waals surface area (Å²) < 4.78 is 10.9. The molecule has 2 aliphatic carbocycles. The van der Waals surface area contributed by atoms with Gasteiger partial charge in [0.25, 0.3) is 5.91 Å². The predicted octanol–water partition coefficient (Wildman–Crippen LogP) is 2.29. The molecule has 3 heterocycles. The fraction of sp³-hybridized carbons (Fsp3) is 0.381. The van der Waals surface area contributed by atoms with Gasteiger partial charge in [0.1, 0.15) is 30.7 Å². The third-order valence-corrected chi connectivity index (χ3v) is 12.2. The van der Waals surface area contributed by atoms with Crippen LogP contribution in [0.15, 0.2) is 88.9 Å². The monoisotopic (exact) mass is 781 g/mol. The van der Waals surface area contributed by atoms with E-state index in [1.807, 2.05) is 36.4 Å². The Morgan fingerprint density at radius 3 is 2.42 bits per heavy atom. The zero-order valence-electron chi connectivity index (χ0n) is 30.6. The van der Waals surface area contributed by atoms with Gasteiger partial charge in [-0.15, -0.1) is 0 Å². The van der Waals surface area contributed by atoms with Crippen LogP contribution in [0.5, 0.6) is 17.2 Å². The first-order valence-electron chi connectivity index (χ1n) is 18.8. The molecule has 15 nitrogen and oxygen atoms in total. The van der Waals surface area contributed by atoms with E-state index >= 15 is 0 Å². The Morgan fingerprint density at radius 1 is 0.982 bits per heavy atom. The molecule has 0 unspecified atom stereocenters. The zero-order chi connectivity index (χ0) is 40.3. The van der Waals surface area contributed by atoms with E-state index in [9.17, 15) is 50.4 Å². The fourth-order valence-electron chi connectivity index (χ4n) is 9.45. The van der Waals surface area contributed by atoms with Crippen molar-refractivity contribution >= 4 is 35.6 Å². The summed E-state index contributed by atoms with van der Waals surface area (Å²) in [5.74, 6) is -7.70. The number of rotatable bonds is 10. The van der Waals surface area contributed by atoms with Crippen LogP contribution in [0.1, 0.15) is 53.9 Å². The number of amides is 1. The summed E-state index contributed by atoms with van der Waals surface area (Å²) in [5.41, 5.74) is 0.600. The van der Waals surface area contributed by atoms with Crippen molar-refractivity contribution in [2.45, 2.75) is 79.4 Å². The molecule has 0 spiro atoms. The van der Waals surface area contributed by atoms with Gasteiger partial charge in [-0.3, -0.25) is 19.7 Å². The fourth-order valence-corrected chi connectivity index (χ4v) is 9.45. The van der Waals surface area contributed by atoms with E-state index in [1.54, 1.807) is 18.3 Å². The highest BCUT2D eigenvalue weighted by Gasteiger charge is 2.66. The molecule has 8 N–H and O–H groups in total. The number of aromatic hydroxyl groups is 2. The molecule has 8 rings (SSSR count). The molecule has 298 valence electrons. The number of allylic oxidation sites excluding steroid dienone is 1. The Balaban J connectivity index is 1.24. The Kier molecular flexibility index (Phi) is 9.79. The number of aliphatic carboxylic acids is 1. The van der Waals surface area contributed by atoms with Crippen LogP contribution in [0.3, 0.4) is 0 Å². The van der Waals surface area contributed by atoms with Crippen LogP contribution in [0, 0.1) is 5.92 Å². The summed E-state index contributed by atoms with van der Waals surface area (Å²) in [5, 5.41) is 85.8. The third kappa shape index (κ3) is 6.22. The minimum atomic E-state index is -3.11. The van der Waals surface area contributed by atoms with E-state index in [2.05, 4.69) is 9.98 Å². The lowest BCUT2D eigenvalue weighted by Crippen LogP contribution is -2.67. The maximum absolute atomic E-state index is 14.7. The molecular formula is C42H43N3O12. The van der Waals surface area contributed by atoms with Gasteiger partial charge in [-0.1, -0.05) is 61.4 Å². The van der Waals surface area contributed by atoms with Crippen molar-refractivity contribution in [1.82, 2.24) is 0 Å². The van der Waals surface area contributed by atoms with Gasteiger partial charge in [0.05, 0.1) is 18.0 Å². The van der Waals surface area contributed by atoms with Gasteiger partial charge in [-0.2, -0.15) is 0 Å².